The smallest absolute Gasteiger partial charge is 0.267 e. The van der Waals surface area contributed by atoms with Crippen molar-refractivity contribution in [2.75, 3.05) is 13.1 Å². The molecule has 5 nitrogen and oxygen atoms in total. The molecule has 19 heavy (non-hydrogen) atoms. The number of amides is 1. The topological polar surface area (TPSA) is 72.1 Å². The van der Waals surface area contributed by atoms with Crippen molar-refractivity contribution in [1.82, 2.24) is 14.5 Å². The fourth-order valence-electron chi connectivity index (χ4n) is 2.56. The molecule has 2 N–H and O–H groups in total. The highest BCUT2D eigenvalue weighted by atomic mass is 32.1. The minimum Gasteiger partial charge on any atom is -0.335 e. The molecule has 1 fully saturated rings. The Balaban J connectivity index is 2.15. The van der Waals surface area contributed by atoms with E-state index in [1.165, 1.54) is 11.5 Å². The number of nitrogens with zero attached hydrogens (tertiary/aromatic N) is 3. The van der Waals surface area contributed by atoms with Gasteiger partial charge < -0.3 is 10.6 Å². The van der Waals surface area contributed by atoms with Crippen LogP contribution in [0.2, 0.25) is 0 Å². The van der Waals surface area contributed by atoms with E-state index in [0.29, 0.717) is 17.3 Å². The van der Waals surface area contributed by atoms with Crippen LogP contribution in [-0.4, -0.2) is 39.5 Å². The summed E-state index contributed by atoms with van der Waals surface area (Å²) in [6, 6.07) is 0.284. The second-order valence-corrected chi connectivity index (χ2v) is 6.04. The summed E-state index contributed by atoms with van der Waals surface area (Å²) in [6.07, 6.45) is 3.94. The summed E-state index contributed by atoms with van der Waals surface area (Å²) in [5, 5.41) is 4.08. The number of rotatable bonds is 4. The molecule has 0 bridgehead atoms. The number of hydrogen-bond acceptors (Lipinski definition) is 5. The maximum atomic E-state index is 12.6. The van der Waals surface area contributed by atoms with Crippen LogP contribution in [-0.2, 0) is 6.42 Å². The van der Waals surface area contributed by atoms with Crippen LogP contribution in [0, 0.1) is 5.92 Å². The van der Waals surface area contributed by atoms with E-state index in [2.05, 4.69) is 23.4 Å². The van der Waals surface area contributed by atoms with Crippen molar-refractivity contribution in [3.8, 4) is 0 Å². The monoisotopic (exact) mass is 282 g/mol. The largest absolute Gasteiger partial charge is 0.335 e. The summed E-state index contributed by atoms with van der Waals surface area (Å²) >= 11 is 1.22. The number of nitrogens with two attached hydrogens (primary N) is 1. The van der Waals surface area contributed by atoms with Gasteiger partial charge in [0.25, 0.3) is 5.91 Å². The molecule has 1 aliphatic rings. The van der Waals surface area contributed by atoms with E-state index >= 15 is 0 Å². The number of aryl methyl sites for hydroxylation is 1. The number of piperidine rings is 1. The zero-order valence-corrected chi connectivity index (χ0v) is 12.4. The van der Waals surface area contributed by atoms with Gasteiger partial charge in [-0.05, 0) is 50.2 Å². The van der Waals surface area contributed by atoms with E-state index in [-0.39, 0.29) is 11.9 Å². The minimum absolute atomic E-state index is 0.0871. The molecule has 0 radical (unpaired) electrons. The second kappa shape index (κ2) is 6.43. The van der Waals surface area contributed by atoms with Crippen LogP contribution in [0.1, 0.15) is 48.5 Å². The number of hydrogen-bond donors (Lipinski definition) is 1. The summed E-state index contributed by atoms with van der Waals surface area (Å²) in [6.45, 7) is 5.61. The van der Waals surface area contributed by atoms with E-state index in [4.69, 9.17) is 5.73 Å². The lowest BCUT2D eigenvalue weighted by molar-refractivity contribution is 0.0570. The Hall–Kier alpha value is -1.01. The Labute approximate surface area is 118 Å². The predicted octanol–water partition coefficient (Wildman–Crippen LogP) is 1.69. The molecule has 0 spiro atoms. The highest BCUT2D eigenvalue weighted by molar-refractivity contribution is 7.08. The number of likely N-dealkylation sites (tertiary alicyclic amines) is 1. The molecule has 0 aliphatic carbocycles. The molecule has 1 aromatic rings. The fraction of sp³-hybridized carbons (Fsp3) is 0.769. The number of aromatic nitrogens is 2. The fourth-order valence-corrected chi connectivity index (χ4v) is 3.22. The molecule has 106 valence electrons. The summed E-state index contributed by atoms with van der Waals surface area (Å²) in [4.78, 5) is 15.3. The molecule has 1 aliphatic heterocycles. The number of carbonyl (C=O) groups is 1. The van der Waals surface area contributed by atoms with Gasteiger partial charge in [-0.3, -0.25) is 4.79 Å². The first-order valence-corrected chi connectivity index (χ1v) is 7.77. The van der Waals surface area contributed by atoms with Gasteiger partial charge >= 0.3 is 0 Å². The van der Waals surface area contributed by atoms with Gasteiger partial charge in [-0.1, -0.05) is 17.8 Å². The van der Waals surface area contributed by atoms with E-state index < -0.39 is 0 Å². The van der Waals surface area contributed by atoms with Crippen molar-refractivity contribution in [2.24, 2.45) is 11.7 Å². The Kier molecular flexibility index (Phi) is 4.87. The lowest BCUT2D eigenvalue weighted by Crippen LogP contribution is -2.47. The summed E-state index contributed by atoms with van der Waals surface area (Å²) in [5.41, 5.74) is 6.59. The van der Waals surface area contributed by atoms with Crippen LogP contribution in [0.15, 0.2) is 0 Å². The molecule has 1 aromatic heterocycles. The van der Waals surface area contributed by atoms with Crippen LogP contribution in [0.25, 0.3) is 0 Å². The van der Waals surface area contributed by atoms with Gasteiger partial charge in [0.05, 0.1) is 5.69 Å². The highest BCUT2D eigenvalue weighted by Crippen LogP contribution is 2.25. The maximum absolute atomic E-state index is 12.6. The van der Waals surface area contributed by atoms with Crippen molar-refractivity contribution in [3.05, 3.63) is 10.6 Å². The van der Waals surface area contributed by atoms with Gasteiger partial charge in [0, 0.05) is 12.6 Å². The quantitative estimate of drug-likeness (QED) is 0.912. The maximum Gasteiger partial charge on any atom is 0.267 e. The molecule has 1 saturated heterocycles. The van der Waals surface area contributed by atoms with E-state index in [9.17, 15) is 4.79 Å². The standard InChI is InChI=1S/C13H22N4OS/c1-3-4-11-12(19-16-15-11)13(18)17-8-10(7-14)6-5-9(17)2/h9-10H,3-8,14H2,1-2H3. The third-order valence-electron chi connectivity index (χ3n) is 3.81. The average Bonchev–Trinajstić information content (AvgIpc) is 2.87. The van der Waals surface area contributed by atoms with Gasteiger partial charge in [0.15, 0.2) is 0 Å². The van der Waals surface area contributed by atoms with E-state index in [1.54, 1.807) is 0 Å². The zero-order valence-electron chi connectivity index (χ0n) is 11.6. The molecular weight excluding hydrogens is 260 g/mol. The summed E-state index contributed by atoms with van der Waals surface area (Å²) in [5.74, 6) is 0.514. The molecule has 0 aromatic carbocycles. The van der Waals surface area contributed by atoms with Crippen molar-refractivity contribution in [3.63, 3.8) is 0 Å². The van der Waals surface area contributed by atoms with Crippen molar-refractivity contribution in [2.45, 2.75) is 45.6 Å². The second-order valence-electron chi connectivity index (χ2n) is 5.28. The van der Waals surface area contributed by atoms with Crippen molar-refractivity contribution >= 4 is 17.4 Å². The van der Waals surface area contributed by atoms with Gasteiger partial charge in [0.2, 0.25) is 0 Å². The Morgan fingerprint density at radius 2 is 2.32 bits per heavy atom. The van der Waals surface area contributed by atoms with Crippen LogP contribution in [0.5, 0.6) is 0 Å². The molecule has 6 heteroatoms. The van der Waals surface area contributed by atoms with Crippen LogP contribution in [0.3, 0.4) is 0 Å². The molecule has 2 atom stereocenters. The summed E-state index contributed by atoms with van der Waals surface area (Å²) < 4.78 is 3.94. The molecule has 2 heterocycles. The molecule has 2 unspecified atom stereocenters. The van der Waals surface area contributed by atoms with Gasteiger partial charge in [-0.25, -0.2) is 0 Å². The van der Waals surface area contributed by atoms with Crippen LogP contribution < -0.4 is 5.73 Å². The van der Waals surface area contributed by atoms with Gasteiger partial charge in [0.1, 0.15) is 4.88 Å². The zero-order chi connectivity index (χ0) is 13.8. The normalized spacial score (nSPS) is 23.6. The SMILES string of the molecule is CCCc1nnsc1C(=O)N1CC(CN)CCC1C. The summed E-state index contributed by atoms with van der Waals surface area (Å²) in [7, 11) is 0. The third-order valence-corrected chi connectivity index (χ3v) is 4.57. The Morgan fingerprint density at radius 3 is 3.00 bits per heavy atom. The molecular formula is C13H22N4OS. The van der Waals surface area contributed by atoms with Crippen LogP contribution in [0.4, 0.5) is 0 Å². The molecule has 2 rings (SSSR count). The minimum atomic E-state index is 0.0871. The lowest BCUT2D eigenvalue weighted by Gasteiger charge is -2.37. The third kappa shape index (κ3) is 3.12. The van der Waals surface area contributed by atoms with E-state index in [0.717, 1.165) is 37.9 Å². The van der Waals surface area contributed by atoms with Gasteiger partial charge in [-0.15, -0.1) is 5.10 Å². The van der Waals surface area contributed by atoms with Gasteiger partial charge in [-0.2, -0.15) is 0 Å². The molecule has 0 saturated carbocycles. The van der Waals surface area contributed by atoms with E-state index in [1.807, 2.05) is 4.90 Å². The highest BCUT2D eigenvalue weighted by Gasteiger charge is 2.31. The predicted molar refractivity (Wildman–Crippen MR) is 76.2 cm³/mol. The Morgan fingerprint density at radius 1 is 1.53 bits per heavy atom. The molecule has 1 amide bonds. The first kappa shape index (κ1) is 14.4. The lowest BCUT2D eigenvalue weighted by atomic mass is 9.93. The van der Waals surface area contributed by atoms with Crippen molar-refractivity contribution in [1.29, 1.82) is 0 Å². The van der Waals surface area contributed by atoms with Crippen molar-refractivity contribution < 1.29 is 4.79 Å². The number of carbonyl (C=O) groups excluding carboxylic acids is 1. The van der Waals surface area contributed by atoms with Crippen LogP contribution >= 0.6 is 11.5 Å². The first-order chi connectivity index (χ1) is 9.17. The average molecular weight is 282 g/mol. The Bertz CT molecular complexity index is 434. The first-order valence-electron chi connectivity index (χ1n) is 6.99.